The van der Waals surface area contributed by atoms with Crippen molar-refractivity contribution >= 4 is 5.82 Å². The minimum absolute atomic E-state index is 0.485. The highest BCUT2D eigenvalue weighted by Crippen LogP contribution is 2.26. The first-order chi connectivity index (χ1) is 9.86. The Morgan fingerprint density at radius 2 is 2.00 bits per heavy atom. The van der Waals surface area contributed by atoms with E-state index in [1.807, 2.05) is 18.2 Å². The predicted octanol–water partition coefficient (Wildman–Crippen LogP) is 3.16. The van der Waals surface area contributed by atoms with Crippen molar-refractivity contribution in [3.05, 3.63) is 59.8 Å². The quantitative estimate of drug-likeness (QED) is 0.854. The van der Waals surface area contributed by atoms with Gasteiger partial charge in [-0.15, -0.1) is 0 Å². The van der Waals surface area contributed by atoms with Crippen LogP contribution in [0.15, 0.2) is 48.5 Å². The van der Waals surface area contributed by atoms with Crippen molar-refractivity contribution in [2.24, 2.45) is 0 Å². The SMILES string of the molecule is N#Cc1cccc(N2CCCC2Cc2ccccc2)n1. The fourth-order valence-corrected chi connectivity index (χ4v) is 2.88. The van der Waals surface area contributed by atoms with E-state index in [0.29, 0.717) is 11.7 Å². The fraction of sp³-hybridized carbons (Fsp3) is 0.294. The molecule has 1 fully saturated rings. The van der Waals surface area contributed by atoms with Crippen molar-refractivity contribution < 1.29 is 0 Å². The number of nitriles is 1. The molecule has 0 amide bonds. The summed E-state index contributed by atoms with van der Waals surface area (Å²) in [5.41, 5.74) is 1.86. The van der Waals surface area contributed by atoms with Gasteiger partial charge in [-0.2, -0.15) is 5.26 Å². The summed E-state index contributed by atoms with van der Waals surface area (Å²) >= 11 is 0. The van der Waals surface area contributed by atoms with Gasteiger partial charge in [0.05, 0.1) is 0 Å². The number of hydrogen-bond donors (Lipinski definition) is 0. The van der Waals surface area contributed by atoms with Crippen LogP contribution in [-0.4, -0.2) is 17.6 Å². The molecule has 3 rings (SSSR count). The molecule has 3 nitrogen and oxygen atoms in total. The molecule has 3 heteroatoms. The molecule has 20 heavy (non-hydrogen) atoms. The zero-order chi connectivity index (χ0) is 13.8. The first-order valence-corrected chi connectivity index (χ1v) is 7.04. The summed E-state index contributed by atoms with van der Waals surface area (Å²) in [6, 6.07) is 18.9. The number of anilines is 1. The summed E-state index contributed by atoms with van der Waals surface area (Å²) in [6.45, 7) is 1.03. The molecular weight excluding hydrogens is 246 g/mol. The predicted molar refractivity (Wildman–Crippen MR) is 79.5 cm³/mol. The van der Waals surface area contributed by atoms with Crippen LogP contribution in [0.5, 0.6) is 0 Å². The monoisotopic (exact) mass is 263 g/mol. The van der Waals surface area contributed by atoms with E-state index >= 15 is 0 Å². The molecule has 1 aromatic heterocycles. The normalized spacial score (nSPS) is 17.9. The zero-order valence-electron chi connectivity index (χ0n) is 11.4. The van der Waals surface area contributed by atoms with Crippen LogP contribution >= 0.6 is 0 Å². The van der Waals surface area contributed by atoms with Gasteiger partial charge in [0, 0.05) is 12.6 Å². The van der Waals surface area contributed by atoms with Crippen molar-refractivity contribution in [2.75, 3.05) is 11.4 Å². The molecule has 0 bridgehead atoms. The van der Waals surface area contributed by atoms with E-state index in [9.17, 15) is 0 Å². The molecule has 1 aliphatic heterocycles. The maximum absolute atomic E-state index is 8.97. The lowest BCUT2D eigenvalue weighted by Gasteiger charge is -2.26. The number of hydrogen-bond acceptors (Lipinski definition) is 3. The van der Waals surface area contributed by atoms with E-state index < -0.39 is 0 Å². The number of aromatic nitrogens is 1. The Morgan fingerprint density at radius 1 is 1.15 bits per heavy atom. The van der Waals surface area contributed by atoms with E-state index in [2.05, 4.69) is 40.2 Å². The average molecular weight is 263 g/mol. The van der Waals surface area contributed by atoms with E-state index in [1.54, 1.807) is 6.07 Å². The fourth-order valence-electron chi connectivity index (χ4n) is 2.88. The first-order valence-electron chi connectivity index (χ1n) is 7.04. The van der Waals surface area contributed by atoms with Crippen molar-refractivity contribution in [1.29, 1.82) is 5.26 Å². The lowest BCUT2D eigenvalue weighted by atomic mass is 10.0. The van der Waals surface area contributed by atoms with Crippen molar-refractivity contribution in [3.8, 4) is 6.07 Å². The topological polar surface area (TPSA) is 39.9 Å². The molecule has 0 N–H and O–H groups in total. The third-order valence-corrected chi connectivity index (χ3v) is 3.83. The molecule has 100 valence electrons. The third kappa shape index (κ3) is 2.65. The zero-order valence-corrected chi connectivity index (χ0v) is 11.4. The molecule has 1 unspecified atom stereocenters. The Hall–Kier alpha value is -2.34. The van der Waals surface area contributed by atoms with Gasteiger partial charge in [0.15, 0.2) is 0 Å². The average Bonchev–Trinajstić information content (AvgIpc) is 2.96. The van der Waals surface area contributed by atoms with E-state index in [1.165, 1.54) is 18.4 Å². The Labute approximate surface area is 119 Å². The molecule has 2 aromatic rings. The molecule has 0 saturated carbocycles. The molecule has 1 saturated heterocycles. The largest absolute Gasteiger partial charge is 0.353 e. The van der Waals surface area contributed by atoms with Crippen molar-refractivity contribution in [3.63, 3.8) is 0 Å². The van der Waals surface area contributed by atoms with Crippen LogP contribution in [0.2, 0.25) is 0 Å². The number of nitrogens with zero attached hydrogens (tertiary/aromatic N) is 3. The lowest BCUT2D eigenvalue weighted by Crippen LogP contribution is -2.31. The van der Waals surface area contributed by atoms with Crippen molar-refractivity contribution in [1.82, 2.24) is 4.98 Å². The highest BCUT2D eigenvalue weighted by Gasteiger charge is 2.25. The Morgan fingerprint density at radius 3 is 2.80 bits per heavy atom. The van der Waals surface area contributed by atoms with Crippen LogP contribution in [0.4, 0.5) is 5.82 Å². The Kier molecular flexibility index (Phi) is 3.64. The van der Waals surface area contributed by atoms with Crippen LogP contribution in [0.3, 0.4) is 0 Å². The van der Waals surface area contributed by atoms with Gasteiger partial charge in [0.25, 0.3) is 0 Å². The third-order valence-electron chi connectivity index (χ3n) is 3.83. The van der Waals surface area contributed by atoms with Gasteiger partial charge >= 0.3 is 0 Å². The standard InChI is InChI=1S/C17H17N3/c18-13-15-8-4-10-17(19-15)20-11-5-9-16(20)12-14-6-2-1-3-7-14/h1-4,6-8,10,16H,5,9,11-12H2. The maximum atomic E-state index is 8.97. The molecule has 1 aliphatic rings. The lowest BCUT2D eigenvalue weighted by molar-refractivity contribution is 0.658. The van der Waals surface area contributed by atoms with Crippen LogP contribution in [-0.2, 0) is 6.42 Å². The summed E-state index contributed by atoms with van der Waals surface area (Å²) in [7, 11) is 0. The van der Waals surface area contributed by atoms with Gasteiger partial charge in [-0.05, 0) is 37.0 Å². The number of benzene rings is 1. The summed E-state index contributed by atoms with van der Waals surface area (Å²) < 4.78 is 0. The van der Waals surface area contributed by atoms with Crippen LogP contribution < -0.4 is 4.90 Å². The van der Waals surface area contributed by atoms with Crippen molar-refractivity contribution in [2.45, 2.75) is 25.3 Å². The second kappa shape index (κ2) is 5.75. The first kappa shape index (κ1) is 12.7. The Bertz CT molecular complexity index is 616. The number of pyridine rings is 1. The van der Waals surface area contributed by atoms with E-state index in [4.69, 9.17) is 5.26 Å². The summed E-state index contributed by atoms with van der Waals surface area (Å²) in [4.78, 5) is 6.77. The van der Waals surface area contributed by atoms with Crippen LogP contribution in [0, 0.1) is 11.3 Å². The van der Waals surface area contributed by atoms with Gasteiger partial charge in [-0.25, -0.2) is 4.98 Å². The molecular formula is C17H17N3. The van der Waals surface area contributed by atoms with Gasteiger partial charge in [0.1, 0.15) is 17.6 Å². The molecule has 0 spiro atoms. The summed E-state index contributed by atoms with van der Waals surface area (Å²) in [5, 5.41) is 8.97. The van der Waals surface area contributed by atoms with Gasteiger partial charge in [-0.1, -0.05) is 36.4 Å². The molecule has 1 atom stereocenters. The molecule has 2 heterocycles. The second-order valence-electron chi connectivity index (χ2n) is 5.17. The minimum Gasteiger partial charge on any atom is -0.353 e. The van der Waals surface area contributed by atoms with Crippen LogP contribution in [0.1, 0.15) is 24.1 Å². The van der Waals surface area contributed by atoms with Gasteiger partial charge in [-0.3, -0.25) is 0 Å². The van der Waals surface area contributed by atoms with E-state index in [0.717, 1.165) is 18.8 Å². The van der Waals surface area contributed by atoms with Crippen LogP contribution in [0.25, 0.3) is 0 Å². The Balaban J connectivity index is 1.80. The van der Waals surface area contributed by atoms with Gasteiger partial charge < -0.3 is 4.90 Å². The van der Waals surface area contributed by atoms with Gasteiger partial charge in [0.2, 0.25) is 0 Å². The summed E-state index contributed by atoms with van der Waals surface area (Å²) in [5.74, 6) is 0.933. The smallest absolute Gasteiger partial charge is 0.142 e. The number of rotatable bonds is 3. The molecule has 0 radical (unpaired) electrons. The second-order valence-corrected chi connectivity index (χ2v) is 5.17. The maximum Gasteiger partial charge on any atom is 0.142 e. The summed E-state index contributed by atoms with van der Waals surface area (Å²) in [6.07, 6.45) is 3.42. The molecule has 0 aliphatic carbocycles. The minimum atomic E-state index is 0.485. The highest BCUT2D eigenvalue weighted by atomic mass is 15.2. The molecule has 1 aromatic carbocycles. The highest BCUT2D eigenvalue weighted by molar-refractivity contribution is 5.44. The van der Waals surface area contributed by atoms with E-state index in [-0.39, 0.29) is 0 Å².